The lowest BCUT2D eigenvalue weighted by Gasteiger charge is -2.21. The second kappa shape index (κ2) is 10.4. The number of rotatable bonds is 9. The van der Waals surface area contributed by atoms with Crippen LogP contribution in [0, 0.1) is 0 Å². The summed E-state index contributed by atoms with van der Waals surface area (Å²) in [5.41, 5.74) is 4.21. The number of pyridine rings is 1. The molecular formula is C25H29ClN4O4. The van der Waals surface area contributed by atoms with Crippen LogP contribution in [0.4, 0.5) is 11.4 Å². The third-order valence-electron chi connectivity index (χ3n) is 5.86. The fourth-order valence-corrected chi connectivity index (χ4v) is 4.29. The third-order valence-corrected chi connectivity index (χ3v) is 6.16. The number of carbonyl (C=O) groups excluding carboxylic acids is 1. The number of aromatic amines is 1. The summed E-state index contributed by atoms with van der Waals surface area (Å²) in [6, 6.07) is 7.32. The Labute approximate surface area is 204 Å². The molecular weight excluding hydrogens is 456 g/mol. The predicted molar refractivity (Wildman–Crippen MR) is 133 cm³/mol. The quantitative estimate of drug-likeness (QED) is 0.397. The van der Waals surface area contributed by atoms with Crippen LogP contribution >= 0.6 is 11.6 Å². The molecule has 0 spiro atoms. The number of methoxy groups -OCH3 is 2. The van der Waals surface area contributed by atoms with E-state index in [2.05, 4.69) is 20.6 Å². The summed E-state index contributed by atoms with van der Waals surface area (Å²) in [5, 5.41) is 6.89. The van der Waals surface area contributed by atoms with E-state index < -0.39 is 0 Å². The summed E-state index contributed by atoms with van der Waals surface area (Å²) in [7, 11) is 3.24. The molecule has 9 heteroatoms. The average molecular weight is 485 g/mol. The molecule has 2 atom stereocenters. The van der Waals surface area contributed by atoms with Gasteiger partial charge in [0.2, 0.25) is 0 Å². The predicted octanol–water partition coefficient (Wildman–Crippen LogP) is 4.96. The highest BCUT2D eigenvalue weighted by atomic mass is 35.5. The maximum absolute atomic E-state index is 13.1. The Balaban J connectivity index is 1.80. The molecule has 0 fully saturated rings. The molecule has 3 N–H and O–H groups in total. The van der Waals surface area contributed by atoms with E-state index >= 15 is 0 Å². The fraction of sp³-hybridized carbons (Fsp3) is 0.360. The summed E-state index contributed by atoms with van der Waals surface area (Å²) in [4.78, 5) is 20.8. The van der Waals surface area contributed by atoms with Crippen LogP contribution in [0.1, 0.15) is 36.3 Å². The van der Waals surface area contributed by atoms with Gasteiger partial charge in [-0.2, -0.15) is 0 Å². The number of fused-ring (bicyclic) bond motifs is 1. The molecule has 3 aromatic rings. The van der Waals surface area contributed by atoms with Crippen LogP contribution in [0.2, 0.25) is 5.02 Å². The summed E-state index contributed by atoms with van der Waals surface area (Å²) in [6.45, 7) is 4.44. The van der Waals surface area contributed by atoms with E-state index in [9.17, 15) is 4.79 Å². The Morgan fingerprint density at radius 2 is 2.12 bits per heavy atom. The number of para-hydroxylation sites is 1. The van der Waals surface area contributed by atoms with Gasteiger partial charge in [-0.05, 0) is 32.0 Å². The second-order valence-corrected chi connectivity index (χ2v) is 8.72. The zero-order valence-electron chi connectivity index (χ0n) is 19.7. The van der Waals surface area contributed by atoms with Gasteiger partial charge in [-0.1, -0.05) is 17.7 Å². The highest BCUT2D eigenvalue weighted by Crippen LogP contribution is 2.43. The Hall–Kier alpha value is -3.23. The van der Waals surface area contributed by atoms with Crippen LogP contribution in [0.5, 0.6) is 11.5 Å². The maximum atomic E-state index is 13.1. The minimum absolute atomic E-state index is 0.0174. The van der Waals surface area contributed by atoms with E-state index in [0.717, 1.165) is 23.4 Å². The van der Waals surface area contributed by atoms with E-state index in [1.165, 1.54) is 0 Å². The number of hydrogen-bond donors (Lipinski definition) is 3. The van der Waals surface area contributed by atoms with Gasteiger partial charge in [-0.25, -0.2) is 0 Å². The second-order valence-electron chi connectivity index (χ2n) is 8.31. The molecule has 0 aliphatic carbocycles. The lowest BCUT2D eigenvalue weighted by atomic mass is 10.0. The molecule has 1 aliphatic rings. The Bertz CT molecular complexity index is 1180. The van der Waals surface area contributed by atoms with Gasteiger partial charge in [0.05, 0.1) is 53.7 Å². The Morgan fingerprint density at radius 1 is 1.29 bits per heavy atom. The van der Waals surface area contributed by atoms with Gasteiger partial charge in [-0.15, -0.1) is 0 Å². The van der Waals surface area contributed by atoms with Gasteiger partial charge >= 0.3 is 0 Å². The van der Waals surface area contributed by atoms with Crippen molar-refractivity contribution >= 4 is 28.9 Å². The normalized spacial score (nSPS) is 15.9. The molecule has 34 heavy (non-hydrogen) atoms. The molecule has 0 saturated carbocycles. The highest BCUT2D eigenvalue weighted by molar-refractivity contribution is 6.32. The minimum Gasteiger partial charge on any atom is -0.493 e. The van der Waals surface area contributed by atoms with Crippen LogP contribution in [-0.2, 0) is 11.2 Å². The van der Waals surface area contributed by atoms with E-state index in [1.807, 2.05) is 32.0 Å². The first-order valence-electron chi connectivity index (χ1n) is 11.2. The number of aromatic nitrogens is 2. The smallest absolute Gasteiger partial charge is 0.255 e. The Kier molecular flexibility index (Phi) is 7.29. The summed E-state index contributed by atoms with van der Waals surface area (Å²) < 4.78 is 16.9. The van der Waals surface area contributed by atoms with Crippen molar-refractivity contribution in [3.8, 4) is 22.8 Å². The van der Waals surface area contributed by atoms with Gasteiger partial charge in [0.1, 0.15) is 5.75 Å². The molecule has 1 amide bonds. The number of carbonyl (C=O) groups is 1. The van der Waals surface area contributed by atoms with Gasteiger partial charge in [0.15, 0.2) is 5.75 Å². The van der Waals surface area contributed by atoms with Crippen molar-refractivity contribution in [3.05, 3.63) is 52.9 Å². The van der Waals surface area contributed by atoms with Gasteiger partial charge in [0.25, 0.3) is 5.91 Å². The van der Waals surface area contributed by atoms with E-state index in [4.69, 9.17) is 25.8 Å². The monoisotopic (exact) mass is 484 g/mol. The fourth-order valence-electron chi connectivity index (χ4n) is 4.04. The number of H-pyrrole nitrogens is 1. The van der Waals surface area contributed by atoms with Crippen LogP contribution in [0.15, 0.2) is 36.7 Å². The summed E-state index contributed by atoms with van der Waals surface area (Å²) >= 11 is 6.35. The number of halogens is 1. The average Bonchev–Trinajstić information content (AvgIpc) is 3.17. The third kappa shape index (κ3) is 4.83. The van der Waals surface area contributed by atoms with Crippen molar-refractivity contribution in [1.29, 1.82) is 0 Å². The van der Waals surface area contributed by atoms with E-state index in [-0.39, 0.29) is 18.1 Å². The Morgan fingerprint density at radius 3 is 2.88 bits per heavy atom. The van der Waals surface area contributed by atoms with Crippen molar-refractivity contribution in [2.45, 2.75) is 38.8 Å². The van der Waals surface area contributed by atoms with Crippen molar-refractivity contribution in [1.82, 2.24) is 15.3 Å². The molecule has 8 nitrogen and oxygen atoms in total. The van der Waals surface area contributed by atoms with Crippen LogP contribution < -0.4 is 20.1 Å². The van der Waals surface area contributed by atoms with Crippen molar-refractivity contribution < 1.29 is 19.0 Å². The molecule has 0 saturated heterocycles. The molecule has 2 unspecified atom stereocenters. The molecule has 0 radical (unpaired) electrons. The number of ether oxygens (including phenoxy) is 3. The lowest BCUT2D eigenvalue weighted by molar-refractivity contribution is 0.0929. The van der Waals surface area contributed by atoms with Crippen LogP contribution in [-0.4, -0.2) is 48.8 Å². The number of nitrogens with zero attached hydrogens (tertiary/aromatic N) is 1. The van der Waals surface area contributed by atoms with Crippen LogP contribution in [0.3, 0.4) is 0 Å². The lowest BCUT2D eigenvalue weighted by Crippen LogP contribution is -2.39. The molecule has 3 heterocycles. The molecule has 1 aliphatic heterocycles. The first-order valence-corrected chi connectivity index (χ1v) is 11.6. The minimum atomic E-state index is -0.148. The number of nitrogens with one attached hydrogen (secondary N) is 3. The molecule has 4 rings (SSSR count). The topological polar surface area (TPSA) is 97.5 Å². The van der Waals surface area contributed by atoms with Gasteiger partial charge < -0.3 is 29.8 Å². The van der Waals surface area contributed by atoms with Gasteiger partial charge in [0, 0.05) is 43.4 Å². The van der Waals surface area contributed by atoms with Crippen LogP contribution in [0.25, 0.3) is 11.3 Å². The number of benzene rings is 1. The standard InChI is InChI=1S/C25H29ClN4O4/c1-14-12-19-21(25(31)28-14)23(29-18-7-5-6-17(26)24(18)33-4)22(30-19)16-8-10-27-13-20(16)34-11-9-15(2)32-3/h5-8,10,13-15,29-30H,9,11-12H2,1-4H3,(H,28,31). The van der Waals surface area contributed by atoms with Crippen molar-refractivity contribution in [2.75, 3.05) is 26.1 Å². The SMILES string of the molecule is COc1c(Cl)cccc1Nc1c(-c2ccncc2OCCC(C)OC)[nH]c2c1C(=O)NC(C)C2. The molecule has 180 valence electrons. The van der Waals surface area contributed by atoms with Crippen molar-refractivity contribution in [2.24, 2.45) is 0 Å². The molecule has 1 aromatic carbocycles. The molecule has 2 aromatic heterocycles. The summed E-state index contributed by atoms with van der Waals surface area (Å²) in [6.07, 6.45) is 4.87. The summed E-state index contributed by atoms with van der Waals surface area (Å²) in [5.74, 6) is 0.957. The zero-order valence-corrected chi connectivity index (χ0v) is 20.5. The maximum Gasteiger partial charge on any atom is 0.255 e. The largest absolute Gasteiger partial charge is 0.493 e. The number of anilines is 2. The number of amides is 1. The first-order chi connectivity index (χ1) is 16.4. The number of hydrogen-bond acceptors (Lipinski definition) is 6. The highest BCUT2D eigenvalue weighted by Gasteiger charge is 2.31. The first kappa shape index (κ1) is 23.9. The van der Waals surface area contributed by atoms with E-state index in [1.54, 1.807) is 32.7 Å². The zero-order chi connectivity index (χ0) is 24.2. The molecule has 0 bridgehead atoms. The van der Waals surface area contributed by atoms with Crippen molar-refractivity contribution in [3.63, 3.8) is 0 Å². The van der Waals surface area contributed by atoms with E-state index in [0.29, 0.717) is 46.5 Å². The van der Waals surface area contributed by atoms with Gasteiger partial charge in [-0.3, -0.25) is 9.78 Å².